The van der Waals surface area contributed by atoms with E-state index >= 15 is 0 Å². The van der Waals surface area contributed by atoms with Crippen LogP contribution >= 0.6 is 0 Å². The van der Waals surface area contributed by atoms with Gasteiger partial charge in [0.15, 0.2) is 0 Å². The zero-order chi connectivity index (χ0) is 20.3. The smallest absolute Gasteiger partial charge is 0.237 e. The Hall–Kier alpha value is -2.67. The van der Waals surface area contributed by atoms with Crippen molar-refractivity contribution in [2.75, 3.05) is 26.7 Å². The van der Waals surface area contributed by atoms with Crippen molar-refractivity contribution >= 4 is 22.8 Å². The average Bonchev–Trinajstić information content (AvgIpc) is 3.03. The molecule has 1 atom stereocenters. The first kappa shape index (κ1) is 20.1. The molecule has 28 heavy (non-hydrogen) atoms. The van der Waals surface area contributed by atoms with Crippen molar-refractivity contribution < 1.29 is 9.59 Å². The van der Waals surface area contributed by atoms with Crippen molar-refractivity contribution in [3.8, 4) is 0 Å². The summed E-state index contributed by atoms with van der Waals surface area (Å²) in [5, 5.41) is 2.88. The lowest BCUT2D eigenvalue weighted by Crippen LogP contribution is -2.56. The number of amides is 2. The van der Waals surface area contributed by atoms with Crippen molar-refractivity contribution in [2.24, 2.45) is 0 Å². The quantitative estimate of drug-likeness (QED) is 0.748. The Bertz CT molecular complexity index is 897. The van der Waals surface area contributed by atoms with Gasteiger partial charge in [0.25, 0.3) is 0 Å². The van der Waals surface area contributed by atoms with Gasteiger partial charge < -0.3 is 15.2 Å². The molecular weight excluding hydrogens is 354 g/mol. The summed E-state index contributed by atoms with van der Waals surface area (Å²) < 4.78 is 0. The van der Waals surface area contributed by atoms with Crippen LogP contribution in [0.25, 0.3) is 11.0 Å². The number of nitrogens with zero attached hydrogens (tertiary/aromatic N) is 3. The van der Waals surface area contributed by atoms with Gasteiger partial charge in [-0.15, -0.1) is 0 Å². The molecule has 0 bridgehead atoms. The number of benzene rings is 1. The van der Waals surface area contributed by atoms with Crippen LogP contribution in [0.15, 0.2) is 29.8 Å². The van der Waals surface area contributed by atoms with E-state index in [0.29, 0.717) is 19.6 Å². The number of carbonyl (C=O) groups excluding carboxylic acids is 2. The minimum atomic E-state index is -0.433. The molecule has 0 saturated carbocycles. The van der Waals surface area contributed by atoms with Gasteiger partial charge in [0, 0.05) is 26.7 Å². The third-order valence-electron chi connectivity index (χ3n) is 5.04. The highest BCUT2D eigenvalue weighted by atomic mass is 16.2. The number of carbonyl (C=O) groups is 2. The first-order valence-electron chi connectivity index (χ1n) is 9.68. The molecule has 2 aromatic rings. The SMILES string of the molecule is CC(C)=CCN1CCNC(=O)C1CC(=O)N(C)Cc1nc2ccc(C)cc2[nH]1. The summed E-state index contributed by atoms with van der Waals surface area (Å²) >= 11 is 0. The summed E-state index contributed by atoms with van der Waals surface area (Å²) in [6.45, 7) is 8.54. The lowest BCUT2D eigenvalue weighted by Gasteiger charge is -2.34. The highest BCUT2D eigenvalue weighted by Crippen LogP contribution is 2.15. The Morgan fingerprint density at radius 1 is 1.39 bits per heavy atom. The van der Waals surface area contributed by atoms with Crippen LogP contribution in [0.3, 0.4) is 0 Å². The number of imidazole rings is 1. The lowest BCUT2D eigenvalue weighted by atomic mass is 10.1. The molecule has 7 heteroatoms. The predicted octanol–water partition coefficient (Wildman–Crippen LogP) is 1.99. The summed E-state index contributed by atoms with van der Waals surface area (Å²) in [4.78, 5) is 36.7. The van der Waals surface area contributed by atoms with E-state index < -0.39 is 6.04 Å². The molecule has 1 aromatic carbocycles. The molecule has 0 radical (unpaired) electrons. The topological polar surface area (TPSA) is 81.3 Å². The van der Waals surface area contributed by atoms with Gasteiger partial charge in [0.2, 0.25) is 11.8 Å². The highest BCUT2D eigenvalue weighted by molar-refractivity contribution is 5.88. The van der Waals surface area contributed by atoms with Gasteiger partial charge >= 0.3 is 0 Å². The second-order valence-electron chi connectivity index (χ2n) is 7.74. The number of fused-ring (bicyclic) bond motifs is 1. The Morgan fingerprint density at radius 2 is 2.18 bits per heavy atom. The van der Waals surface area contributed by atoms with Crippen molar-refractivity contribution in [3.05, 3.63) is 41.2 Å². The molecule has 1 aliphatic rings. The fourth-order valence-electron chi connectivity index (χ4n) is 3.39. The molecule has 150 valence electrons. The Balaban J connectivity index is 1.65. The van der Waals surface area contributed by atoms with Crippen LogP contribution in [0.5, 0.6) is 0 Å². The molecular formula is C21H29N5O2. The zero-order valence-electron chi connectivity index (χ0n) is 17.1. The summed E-state index contributed by atoms with van der Waals surface area (Å²) in [5.41, 5.74) is 4.22. The number of hydrogen-bond donors (Lipinski definition) is 2. The normalized spacial score (nSPS) is 17.4. The van der Waals surface area contributed by atoms with E-state index in [-0.39, 0.29) is 18.2 Å². The van der Waals surface area contributed by atoms with Gasteiger partial charge in [-0.05, 0) is 38.5 Å². The number of aryl methyl sites for hydroxylation is 1. The molecule has 0 aliphatic carbocycles. The third-order valence-corrected chi connectivity index (χ3v) is 5.04. The number of H-pyrrole nitrogens is 1. The van der Waals surface area contributed by atoms with Crippen LogP contribution in [0.2, 0.25) is 0 Å². The predicted molar refractivity (Wildman–Crippen MR) is 110 cm³/mol. The van der Waals surface area contributed by atoms with Crippen molar-refractivity contribution in [1.82, 2.24) is 25.1 Å². The minimum Gasteiger partial charge on any atom is -0.353 e. The molecule has 3 rings (SSSR count). The summed E-state index contributed by atoms with van der Waals surface area (Å²) in [7, 11) is 1.75. The van der Waals surface area contributed by atoms with Gasteiger partial charge in [-0.2, -0.15) is 0 Å². The van der Waals surface area contributed by atoms with Gasteiger partial charge in [-0.25, -0.2) is 4.98 Å². The standard InChI is InChI=1S/C21H29N5O2/c1-14(2)7-9-26-10-8-22-21(28)18(26)12-20(27)25(4)13-19-23-16-6-5-15(3)11-17(16)24-19/h5-7,11,18H,8-10,12-13H2,1-4H3,(H,22,28)(H,23,24). The molecule has 1 aromatic heterocycles. The maximum absolute atomic E-state index is 12.8. The van der Waals surface area contributed by atoms with E-state index in [1.54, 1.807) is 11.9 Å². The van der Waals surface area contributed by atoms with Crippen LogP contribution in [0, 0.1) is 6.92 Å². The summed E-state index contributed by atoms with van der Waals surface area (Å²) in [5.74, 6) is 0.598. The maximum atomic E-state index is 12.8. The van der Waals surface area contributed by atoms with Gasteiger partial charge in [-0.3, -0.25) is 14.5 Å². The van der Waals surface area contributed by atoms with Crippen molar-refractivity contribution in [3.63, 3.8) is 0 Å². The maximum Gasteiger partial charge on any atom is 0.237 e. The Morgan fingerprint density at radius 3 is 2.93 bits per heavy atom. The van der Waals surface area contributed by atoms with Crippen LogP contribution in [-0.4, -0.2) is 64.3 Å². The van der Waals surface area contributed by atoms with Gasteiger partial charge in [0.05, 0.1) is 30.0 Å². The molecule has 2 amide bonds. The monoisotopic (exact) mass is 383 g/mol. The second-order valence-corrected chi connectivity index (χ2v) is 7.74. The van der Waals surface area contributed by atoms with Crippen molar-refractivity contribution in [1.29, 1.82) is 0 Å². The number of nitrogens with one attached hydrogen (secondary N) is 2. The van der Waals surface area contributed by atoms with E-state index in [0.717, 1.165) is 29.0 Å². The summed E-state index contributed by atoms with van der Waals surface area (Å²) in [6.07, 6.45) is 2.26. The molecule has 0 spiro atoms. The Labute approximate surface area is 165 Å². The van der Waals surface area contributed by atoms with Gasteiger partial charge in [-0.1, -0.05) is 17.7 Å². The van der Waals surface area contributed by atoms with Gasteiger partial charge in [0.1, 0.15) is 5.82 Å². The highest BCUT2D eigenvalue weighted by Gasteiger charge is 2.31. The molecule has 1 unspecified atom stereocenters. The van der Waals surface area contributed by atoms with E-state index in [9.17, 15) is 9.59 Å². The number of aromatic nitrogens is 2. The number of rotatable bonds is 6. The van der Waals surface area contributed by atoms with Crippen molar-refractivity contribution in [2.45, 2.75) is 39.8 Å². The molecule has 2 N–H and O–H groups in total. The largest absolute Gasteiger partial charge is 0.353 e. The summed E-state index contributed by atoms with van der Waals surface area (Å²) in [6, 6.07) is 5.60. The third kappa shape index (κ3) is 4.78. The molecule has 7 nitrogen and oxygen atoms in total. The number of allylic oxidation sites excluding steroid dienone is 1. The van der Waals surface area contributed by atoms with Crippen LogP contribution in [0.4, 0.5) is 0 Å². The van der Waals surface area contributed by atoms with E-state index in [1.165, 1.54) is 5.57 Å². The molecule has 1 saturated heterocycles. The molecule has 1 aliphatic heterocycles. The average molecular weight is 383 g/mol. The minimum absolute atomic E-state index is 0.0686. The van der Waals surface area contributed by atoms with Crippen LogP contribution < -0.4 is 5.32 Å². The van der Waals surface area contributed by atoms with E-state index in [4.69, 9.17) is 0 Å². The zero-order valence-corrected chi connectivity index (χ0v) is 17.1. The first-order chi connectivity index (χ1) is 13.3. The lowest BCUT2D eigenvalue weighted by molar-refractivity contribution is -0.138. The first-order valence-corrected chi connectivity index (χ1v) is 9.68. The fourth-order valence-corrected chi connectivity index (χ4v) is 3.39. The second kappa shape index (κ2) is 8.56. The molecule has 1 fully saturated rings. The number of hydrogen-bond acceptors (Lipinski definition) is 4. The van der Waals surface area contributed by atoms with E-state index in [2.05, 4.69) is 26.3 Å². The molecule has 2 heterocycles. The number of aromatic amines is 1. The van der Waals surface area contributed by atoms with Crippen LogP contribution in [-0.2, 0) is 16.1 Å². The van der Waals surface area contributed by atoms with Crippen LogP contribution in [0.1, 0.15) is 31.7 Å². The fraction of sp³-hybridized carbons (Fsp3) is 0.476. The Kier molecular flexibility index (Phi) is 6.14. The number of piperazine rings is 1. The van der Waals surface area contributed by atoms with E-state index in [1.807, 2.05) is 39.0 Å².